The van der Waals surface area contributed by atoms with Crippen LogP contribution < -0.4 is 0 Å². The Hall–Kier alpha value is -1.69. The molecular formula is C15H18O5S. The third-order valence-corrected chi connectivity index (χ3v) is 4.62. The van der Waals surface area contributed by atoms with Crippen LogP contribution in [0.15, 0.2) is 24.3 Å². The number of hydrogen-bond acceptors (Lipinski definition) is 4. The van der Waals surface area contributed by atoms with Gasteiger partial charge in [0.05, 0.1) is 5.56 Å². The number of aromatic carboxylic acids is 1. The van der Waals surface area contributed by atoms with E-state index in [4.69, 9.17) is 9.84 Å². The number of rotatable bonds is 6. The first-order valence-electron chi connectivity index (χ1n) is 6.91. The summed E-state index contributed by atoms with van der Waals surface area (Å²) in [5.74, 6) is -1.30. The quantitative estimate of drug-likeness (QED) is 0.814. The van der Waals surface area contributed by atoms with Gasteiger partial charge in [0, 0.05) is 16.6 Å². The van der Waals surface area contributed by atoms with Gasteiger partial charge in [-0.1, -0.05) is 12.1 Å². The summed E-state index contributed by atoms with van der Waals surface area (Å²) in [4.78, 5) is 22.4. The molecule has 1 aliphatic rings. The Morgan fingerprint density at radius 1 is 1.19 bits per heavy atom. The average molecular weight is 310 g/mol. The zero-order valence-electron chi connectivity index (χ0n) is 11.6. The van der Waals surface area contributed by atoms with Crippen molar-refractivity contribution in [2.75, 3.05) is 5.75 Å². The fourth-order valence-corrected chi connectivity index (χ4v) is 3.34. The Labute approximate surface area is 125 Å². The van der Waals surface area contributed by atoms with Crippen molar-refractivity contribution < 1.29 is 23.6 Å². The van der Waals surface area contributed by atoms with Gasteiger partial charge in [-0.2, -0.15) is 0 Å². The van der Waals surface area contributed by atoms with Crippen molar-refractivity contribution in [1.29, 1.82) is 0 Å². The number of carboxylic acids is 1. The second kappa shape index (κ2) is 7.36. The molecule has 0 bridgehead atoms. The topological polar surface area (TPSA) is 80.7 Å². The van der Waals surface area contributed by atoms with Gasteiger partial charge in [0.25, 0.3) is 0 Å². The number of carboxylic acid groups (broad SMARTS) is 1. The summed E-state index contributed by atoms with van der Waals surface area (Å²) in [7, 11) is -1.34. The third kappa shape index (κ3) is 4.97. The highest BCUT2D eigenvalue weighted by Crippen LogP contribution is 2.21. The normalized spacial score (nSPS) is 16.6. The number of hydrogen-bond donors (Lipinski definition) is 1. The number of esters is 1. The van der Waals surface area contributed by atoms with E-state index < -0.39 is 22.7 Å². The summed E-state index contributed by atoms with van der Waals surface area (Å²) >= 11 is 0. The number of carbonyl (C=O) groups is 2. The second-order valence-electron chi connectivity index (χ2n) is 5.13. The van der Waals surface area contributed by atoms with Gasteiger partial charge in [-0.25, -0.2) is 4.79 Å². The molecule has 6 heteroatoms. The Bertz CT molecular complexity index is 531. The predicted molar refractivity (Wildman–Crippen MR) is 78.5 cm³/mol. The Morgan fingerprint density at radius 3 is 2.38 bits per heavy atom. The first-order valence-corrected chi connectivity index (χ1v) is 8.40. The molecule has 0 aliphatic heterocycles. The molecule has 1 unspecified atom stereocenters. The van der Waals surface area contributed by atoms with Crippen LogP contribution >= 0.6 is 0 Å². The Balaban J connectivity index is 1.80. The fourth-order valence-electron chi connectivity index (χ4n) is 2.34. The molecule has 0 amide bonds. The lowest BCUT2D eigenvalue weighted by atomic mass is 10.1. The van der Waals surface area contributed by atoms with Gasteiger partial charge in [0.15, 0.2) is 0 Å². The first-order chi connectivity index (χ1) is 10.0. The van der Waals surface area contributed by atoms with Crippen LogP contribution in [-0.2, 0) is 26.1 Å². The molecule has 21 heavy (non-hydrogen) atoms. The van der Waals surface area contributed by atoms with Crippen LogP contribution in [0.25, 0.3) is 0 Å². The lowest BCUT2D eigenvalue weighted by Crippen LogP contribution is -2.20. The van der Waals surface area contributed by atoms with Crippen LogP contribution in [0.5, 0.6) is 0 Å². The second-order valence-corrected chi connectivity index (χ2v) is 6.58. The molecular weight excluding hydrogens is 292 g/mol. The zero-order valence-corrected chi connectivity index (χ0v) is 12.4. The summed E-state index contributed by atoms with van der Waals surface area (Å²) in [6.45, 7) is 0. The molecule has 1 saturated carbocycles. The molecule has 0 heterocycles. The molecule has 1 aromatic rings. The molecule has 0 saturated heterocycles. The Kier molecular flexibility index (Phi) is 5.50. The van der Waals surface area contributed by atoms with Crippen molar-refractivity contribution in [2.45, 2.75) is 37.5 Å². The molecule has 1 aliphatic carbocycles. The summed E-state index contributed by atoms with van der Waals surface area (Å²) < 4.78 is 17.2. The minimum Gasteiger partial charge on any atom is -0.478 e. The SMILES string of the molecule is O=C(CS(=O)Cc1ccc(C(=O)O)cc1)OC1CCCC1. The van der Waals surface area contributed by atoms with Gasteiger partial charge >= 0.3 is 11.9 Å². The molecule has 1 N–H and O–H groups in total. The van der Waals surface area contributed by atoms with E-state index in [1.165, 1.54) is 12.1 Å². The summed E-state index contributed by atoms with van der Waals surface area (Å²) in [5.41, 5.74) is 0.928. The minimum absolute atomic E-state index is 0.00986. The van der Waals surface area contributed by atoms with Crippen molar-refractivity contribution in [3.63, 3.8) is 0 Å². The Morgan fingerprint density at radius 2 is 1.81 bits per heavy atom. The van der Waals surface area contributed by atoms with Gasteiger partial charge in [0.2, 0.25) is 0 Å². The molecule has 0 spiro atoms. The molecule has 1 atom stereocenters. The van der Waals surface area contributed by atoms with Crippen molar-refractivity contribution in [1.82, 2.24) is 0 Å². The average Bonchev–Trinajstić information content (AvgIpc) is 2.91. The molecule has 114 valence electrons. The largest absolute Gasteiger partial charge is 0.478 e. The van der Waals surface area contributed by atoms with E-state index in [9.17, 15) is 13.8 Å². The highest BCUT2D eigenvalue weighted by atomic mass is 32.2. The van der Waals surface area contributed by atoms with Crippen molar-refractivity contribution in [3.8, 4) is 0 Å². The van der Waals surface area contributed by atoms with Gasteiger partial charge < -0.3 is 9.84 Å². The van der Waals surface area contributed by atoms with Crippen LogP contribution in [-0.4, -0.2) is 33.1 Å². The molecule has 0 radical (unpaired) electrons. The highest BCUT2D eigenvalue weighted by molar-refractivity contribution is 7.84. The van der Waals surface area contributed by atoms with Crippen LogP contribution in [0.2, 0.25) is 0 Å². The summed E-state index contributed by atoms with van der Waals surface area (Å²) in [5, 5.41) is 8.79. The third-order valence-electron chi connectivity index (χ3n) is 3.41. The van der Waals surface area contributed by atoms with Crippen molar-refractivity contribution in [3.05, 3.63) is 35.4 Å². The molecule has 0 aromatic heterocycles. The molecule has 1 fully saturated rings. The van der Waals surface area contributed by atoms with Gasteiger partial charge in [0.1, 0.15) is 11.9 Å². The lowest BCUT2D eigenvalue weighted by Gasteiger charge is -2.11. The van der Waals surface area contributed by atoms with E-state index >= 15 is 0 Å². The maximum Gasteiger partial charge on any atom is 0.335 e. The van der Waals surface area contributed by atoms with Crippen LogP contribution in [0.3, 0.4) is 0 Å². The van der Waals surface area contributed by atoms with E-state index in [1.54, 1.807) is 12.1 Å². The van der Waals surface area contributed by atoms with Gasteiger partial charge in [-0.3, -0.25) is 9.00 Å². The van der Waals surface area contributed by atoms with E-state index in [1.807, 2.05) is 0 Å². The van der Waals surface area contributed by atoms with E-state index in [2.05, 4.69) is 0 Å². The van der Waals surface area contributed by atoms with Gasteiger partial charge in [-0.05, 0) is 43.4 Å². The minimum atomic E-state index is -1.34. The van der Waals surface area contributed by atoms with Gasteiger partial charge in [-0.15, -0.1) is 0 Å². The van der Waals surface area contributed by atoms with Crippen molar-refractivity contribution >= 4 is 22.7 Å². The number of ether oxygens (including phenoxy) is 1. The van der Waals surface area contributed by atoms with E-state index in [-0.39, 0.29) is 23.2 Å². The van der Waals surface area contributed by atoms with Crippen LogP contribution in [0.4, 0.5) is 0 Å². The van der Waals surface area contributed by atoms with Crippen LogP contribution in [0.1, 0.15) is 41.6 Å². The summed E-state index contributed by atoms with van der Waals surface area (Å²) in [6.07, 6.45) is 3.95. The van der Waals surface area contributed by atoms with Crippen LogP contribution in [0, 0.1) is 0 Å². The monoisotopic (exact) mass is 310 g/mol. The first kappa shape index (κ1) is 15.7. The standard InChI is InChI=1S/C15H18O5S/c16-14(20-13-3-1-2-4-13)10-21(19)9-11-5-7-12(8-6-11)15(17)18/h5-8,13H,1-4,9-10H2,(H,17,18). The van der Waals surface area contributed by atoms with Crippen molar-refractivity contribution in [2.24, 2.45) is 0 Å². The number of benzene rings is 1. The maximum absolute atomic E-state index is 11.9. The molecule has 1 aromatic carbocycles. The number of carbonyl (C=O) groups excluding carboxylic acids is 1. The zero-order chi connectivity index (χ0) is 15.2. The highest BCUT2D eigenvalue weighted by Gasteiger charge is 2.20. The maximum atomic E-state index is 11.9. The smallest absolute Gasteiger partial charge is 0.335 e. The van der Waals surface area contributed by atoms with E-state index in [0.717, 1.165) is 31.2 Å². The summed E-state index contributed by atoms with van der Waals surface area (Å²) in [6, 6.07) is 6.16. The van der Waals surface area contributed by atoms with E-state index in [0.29, 0.717) is 0 Å². The molecule has 2 rings (SSSR count). The fraction of sp³-hybridized carbons (Fsp3) is 0.467. The molecule has 5 nitrogen and oxygen atoms in total. The lowest BCUT2D eigenvalue weighted by molar-refractivity contribution is -0.145. The predicted octanol–water partition coefficient (Wildman–Crippen LogP) is 2.12.